The van der Waals surface area contributed by atoms with Crippen LogP contribution in [-0.2, 0) is 0 Å². The van der Waals surface area contributed by atoms with E-state index in [9.17, 15) is 4.79 Å². The van der Waals surface area contributed by atoms with Gasteiger partial charge in [-0.1, -0.05) is 6.07 Å². The van der Waals surface area contributed by atoms with Gasteiger partial charge in [-0.3, -0.25) is 9.78 Å². The Morgan fingerprint density at radius 1 is 1.15 bits per heavy atom. The van der Waals surface area contributed by atoms with Crippen LogP contribution < -0.4 is 9.64 Å². The normalized spacial score (nSPS) is 22.7. The molecule has 0 radical (unpaired) electrons. The number of likely N-dealkylation sites (tertiary alicyclic amines) is 1. The molecule has 1 amide bonds. The molecule has 2 aromatic heterocycles. The van der Waals surface area contributed by atoms with Crippen molar-refractivity contribution in [3.05, 3.63) is 42.5 Å². The second-order valence-corrected chi connectivity index (χ2v) is 7.14. The Balaban J connectivity index is 1.48. The van der Waals surface area contributed by atoms with Crippen molar-refractivity contribution < 1.29 is 9.53 Å². The van der Waals surface area contributed by atoms with Crippen LogP contribution in [0.1, 0.15) is 29.8 Å². The Morgan fingerprint density at radius 2 is 2.08 bits per heavy atom. The van der Waals surface area contributed by atoms with Crippen molar-refractivity contribution in [1.29, 1.82) is 0 Å². The molecule has 7 nitrogen and oxygen atoms in total. The van der Waals surface area contributed by atoms with Crippen LogP contribution in [0.2, 0.25) is 0 Å². The van der Waals surface area contributed by atoms with E-state index in [4.69, 9.17) is 4.74 Å². The Kier molecular flexibility index (Phi) is 4.44. The summed E-state index contributed by atoms with van der Waals surface area (Å²) in [6.07, 6.45) is 6.46. The van der Waals surface area contributed by atoms with Crippen LogP contribution >= 0.6 is 0 Å². The van der Waals surface area contributed by atoms with Crippen molar-refractivity contribution >= 4 is 11.7 Å². The number of nitrogens with zero attached hydrogens (tertiary/aromatic N) is 5. The molecule has 2 fully saturated rings. The van der Waals surface area contributed by atoms with Crippen LogP contribution in [0.5, 0.6) is 5.88 Å². The van der Waals surface area contributed by atoms with Crippen molar-refractivity contribution in [1.82, 2.24) is 19.9 Å². The number of carbonyl (C=O) groups is 1. The molecule has 2 aliphatic rings. The number of piperidine rings is 1. The molecule has 0 aromatic carbocycles. The predicted octanol–water partition coefficient (Wildman–Crippen LogP) is 2.01. The zero-order valence-corrected chi connectivity index (χ0v) is 15.0. The zero-order valence-electron chi connectivity index (χ0n) is 15.0. The molecule has 0 saturated carbocycles. The number of ether oxygens (including phenoxy) is 1. The van der Waals surface area contributed by atoms with E-state index in [0.29, 0.717) is 11.6 Å². The van der Waals surface area contributed by atoms with E-state index in [-0.39, 0.29) is 11.3 Å². The highest BCUT2D eigenvalue weighted by atomic mass is 16.5. The molecule has 0 N–H and O–H groups in total. The third-order valence-corrected chi connectivity index (χ3v) is 5.43. The summed E-state index contributed by atoms with van der Waals surface area (Å²) >= 11 is 0. The summed E-state index contributed by atoms with van der Waals surface area (Å²) in [5, 5.41) is 0. The highest BCUT2D eigenvalue weighted by Gasteiger charge is 2.43. The second-order valence-electron chi connectivity index (χ2n) is 7.14. The number of methoxy groups -OCH3 is 1. The Bertz CT molecular complexity index is 785. The van der Waals surface area contributed by atoms with E-state index in [1.165, 1.54) is 0 Å². The fourth-order valence-corrected chi connectivity index (χ4v) is 4.11. The maximum Gasteiger partial charge on any atom is 0.272 e. The van der Waals surface area contributed by atoms with Gasteiger partial charge in [-0.15, -0.1) is 0 Å². The van der Waals surface area contributed by atoms with Crippen LogP contribution in [0.4, 0.5) is 5.82 Å². The van der Waals surface area contributed by atoms with Gasteiger partial charge in [0.1, 0.15) is 17.8 Å². The lowest BCUT2D eigenvalue weighted by Gasteiger charge is -2.40. The molecule has 136 valence electrons. The van der Waals surface area contributed by atoms with Gasteiger partial charge in [-0.25, -0.2) is 9.97 Å². The highest BCUT2D eigenvalue weighted by molar-refractivity contribution is 5.92. The first-order valence-electron chi connectivity index (χ1n) is 9.00. The molecular weight excluding hydrogens is 330 g/mol. The van der Waals surface area contributed by atoms with E-state index < -0.39 is 0 Å². The summed E-state index contributed by atoms with van der Waals surface area (Å²) in [5.74, 6) is 1.50. The molecular formula is C19H23N5O2. The van der Waals surface area contributed by atoms with Gasteiger partial charge in [0.05, 0.1) is 7.11 Å². The lowest BCUT2D eigenvalue weighted by Crippen LogP contribution is -2.45. The molecule has 4 rings (SSSR count). The molecule has 26 heavy (non-hydrogen) atoms. The van der Waals surface area contributed by atoms with Crippen molar-refractivity contribution in [2.24, 2.45) is 5.41 Å². The summed E-state index contributed by atoms with van der Waals surface area (Å²) in [5.41, 5.74) is 0.652. The average Bonchev–Trinajstić information content (AvgIpc) is 3.11. The number of carbonyl (C=O) groups excluding carboxylic acids is 1. The van der Waals surface area contributed by atoms with Gasteiger partial charge in [0.25, 0.3) is 5.91 Å². The minimum absolute atomic E-state index is 0.0308. The van der Waals surface area contributed by atoms with E-state index in [1.54, 1.807) is 25.7 Å². The first kappa shape index (κ1) is 16.8. The van der Waals surface area contributed by atoms with Gasteiger partial charge in [0.15, 0.2) is 0 Å². The topological polar surface area (TPSA) is 71.5 Å². The smallest absolute Gasteiger partial charge is 0.272 e. The third kappa shape index (κ3) is 3.21. The molecule has 7 heteroatoms. The van der Waals surface area contributed by atoms with E-state index >= 15 is 0 Å². The van der Waals surface area contributed by atoms with E-state index in [0.717, 1.165) is 51.3 Å². The number of anilines is 1. The van der Waals surface area contributed by atoms with Gasteiger partial charge in [-0.2, -0.15) is 0 Å². The lowest BCUT2D eigenvalue weighted by atomic mass is 9.79. The van der Waals surface area contributed by atoms with Gasteiger partial charge >= 0.3 is 0 Å². The molecule has 2 saturated heterocycles. The maximum absolute atomic E-state index is 12.7. The van der Waals surface area contributed by atoms with Crippen LogP contribution in [0.3, 0.4) is 0 Å². The van der Waals surface area contributed by atoms with E-state index in [2.05, 4.69) is 19.9 Å². The second kappa shape index (κ2) is 6.90. The number of pyridine rings is 1. The van der Waals surface area contributed by atoms with Gasteiger partial charge in [0.2, 0.25) is 5.88 Å². The molecule has 2 aromatic rings. The molecule has 2 aliphatic heterocycles. The number of amides is 1. The number of rotatable bonds is 3. The quantitative estimate of drug-likeness (QED) is 0.841. The van der Waals surface area contributed by atoms with Gasteiger partial charge < -0.3 is 14.5 Å². The van der Waals surface area contributed by atoms with Crippen molar-refractivity contribution in [2.75, 3.05) is 38.2 Å². The van der Waals surface area contributed by atoms with Crippen LogP contribution in [0, 0.1) is 5.41 Å². The third-order valence-electron chi connectivity index (χ3n) is 5.43. The first-order chi connectivity index (χ1) is 12.7. The van der Waals surface area contributed by atoms with Crippen molar-refractivity contribution in [3.63, 3.8) is 0 Å². The Labute approximate surface area is 153 Å². The maximum atomic E-state index is 12.7. The summed E-state index contributed by atoms with van der Waals surface area (Å²) in [6.45, 7) is 3.44. The first-order valence-corrected chi connectivity index (χ1v) is 9.00. The SMILES string of the molecule is COc1cc(N2CCCC3(CCN(C(=O)c4ccccn4)C3)C2)ncn1. The standard InChI is InChI=1S/C19H23N5O2/c1-26-17-11-16(21-14-22-17)23-9-4-6-19(12-23)7-10-24(13-19)18(25)15-5-2-3-8-20-15/h2-3,5,8,11,14H,4,6-7,9-10,12-13H2,1H3. The average molecular weight is 353 g/mol. The monoisotopic (exact) mass is 353 g/mol. The molecule has 4 heterocycles. The summed E-state index contributed by atoms with van der Waals surface area (Å²) < 4.78 is 5.22. The minimum Gasteiger partial charge on any atom is -0.481 e. The summed E-state index contributed by atoms with van der Waals surface area (Å²) in [4.78, 5) is 29.7. The molecule has 1 unspecified atom stereocenters. The van der Waals surface area contributed by atoms with Crippen LogP contribution in [0.15, 0.2) is 36.8 Å². The van der Waals surface area contributed by atoms with Gasteiger partial charge in [-0.05, 0) is 31.4 Å². The number of hydrogen-bond donors (Lipinski definition) is 0. The molecule has 0 aliphatic carbocycles. The van der Waals surface area contributed by atoms with Gasteiger partial charge in [0, 0.05) is 43.9 Å². The molecule has 1 atom stereocenters. The zero-order chi connectivity index (χ0) is 18.0. The molecule has 1 spiro atoms. The summed E-state index contributed by atoms with van der Waals surface area (Å²) in [7, 11) is 1.61. The Morgan fingerprint density at radius 3 is 2.88 bits per heavy atom. The summed E-state index contributed by atoms with van der Waals surface area (Å²) in [6, 6.07) is 7.35. The fraction of sp³-hybridized carbons (Fsp3) is 0.474. The van der Waals surface area contributed by atoms with Crippen LogP contribution in [-0.4, -0.2) is 59.0 Å². The highest BCUT2D eigenvalue weighted by Crippen LogP contribution is 2.40. The Hall–Kier alpha value is -2.70. The van der Waals surface area contributed by atoms with Crippen molar-refractivity contribution in [3.8, 4) is 5.88 Å². The van der Waals surface area contributed by atoms with Crippen molar-refractivity contribution in [2.45, 2.75) is 19.3 Å². The number of aromatic nitrogens is 3. The predicted molar refractivity (Wildman–Crippen MR) is 97.2 cm³/mol. The molecule has 0 bridgehead atoms. The van der Waals surface area contributed by atoms with Crippen LogP contribution in [0.25, 0.3) is 0 Å². The number of hydrogen-bond acceptors (Lipinski definition) is 6. The van der Waals surface area contributed by atoms with E-state index in [1.807, 2.05) is 23.1 Å². The fourth-order valence-electron chi connectivity index (χ4n) is 4.11. The minimum atomic E-state index is 0.0308. The lowest BCUT2D eigenvalue weighted by molar-refractivity contribution is 0.0761. The largest absolute Gasteiger partial charge is 0.481 e.